The summed E-state index contributed by atoms with van der Waals surface area (Å²) >= 11 is 0. The monoisotopic (exact) mass is 368 g/mol. The molecule has 1 amide bonds. The molecule has 0 saturated heterocycles. The molecule has 1 aliphatic heterocycles. The van der Waals surface area contributed by atoms with E-state index in [2.05, 4.69) is 0 Å². The Bertz CT molecular complexity index is 940. The fourth-order valence-electron chi connectivity index (χ4n) is 3.41. The predicted octanol–water partition coefficient (Wildman–Crippen LogP) is 3.12. The lowest BCUT2D eigenvalue weighted by atomic mass is 9.87. The topological polar surface area (TPSA) is 101 Å². The zero-order valence-electron chi connectivity index (χ0n) is 15.1. The van der Waals surface area contributed by atoms with Gasteiger partial charge in [0.15, 0.2) is 11.4 Å². The van der Waals surface area contributed by atoms with Gasteiger partial charge in [-0.3, -0.25) is 19.7 Å². The van der Waals surface area contributed by atoms with Crippen molar-refractivity contribution >= 4 is 23.1 Å². The molecule has 2 aromatic carbocycles. The molecule has 1 heterocycles. The number of hydrogen-bond donors (Lipinski definition) is 1. The van der Waals surface area contributed by atoms with Crippen LogP contribution in [0.25, 0.3) is 0 Å². The van der Waals surface area contributed by atoms with E-state index in [9.17, 15) is 24.8 Å². The lowest BCUT2D eigenvalue weighted by molar-refractivity contribution is -0.384. The Kier molecular flexibility index (Phi) is 4.80. The first-order valence-electron chi connectivity index (χ1n) is 8.71. The second kappa shape index (κ2) is 6.92. The van der Waals surface area contributed by atoms with Crippen LogP contribution in [0.3, 0.4) is 0 Å². The molecular formula is C20H20N2O5. The molecule has 0 saturated carbocycles. The largest absolute Gasteiger partial charge is 0.375 e. The molecule has 1 atom stereocenters. The van der Waals surface area contributed by atoms with Crippen LogP contribution in [0, 0.1) is 17.0 Å². The third kappa shape index (κ3) is 3.21. The molecule has 0 fully saturated rings. The molecule has 1 N–H and O–H groups in total. The van der Waals surface area contributed by atoms with Gasteiger partial charge < -0.3 is 10.0 Å². The number of non-ortho nitro benzene ring substituents is 1. The van der Waals surface area contributed by atoms with Gasteiger partial charge >= 0.3 is 0 Å². The van der Waals surface area contributed by atoms with E-state index in [1.165, 1.54) is 23.1 Å². The highest BCUT2D eigenvalue weighted by Crippen LogP contribution is 2.43. The summed E-state index contributed by atoms with van der Waals surface area (Å²) in [5.74, 6) is -1.07. The minimum absolute atomic E-state index is 0.0913. The van der Waals surface area contributed by atoms with E-state index < -0.39 is 28.6 Å². The average Bonchev–Trinajstić information content (AvgIpc) is 2.84. The van der Waals surface area contributed by atoms with Gasteiger partial charge in [-0.15, -0.1) is 0 Å². The third-order valence-electron chi connectivity index (χ3n) is 4.73. The molecule has 1 aliphatic rings. The number of aliphatic hydroxyl groups is 1. The van der Waals surface area contributed by atoms with E-state index in [1.54, 1.807) is 12.1 Å². The number of hydrogen-bond acceptors (Lipinski definition) is 5. The number of Topliss-reactive ketones (excluding diaryl/α,β-unsaturated/α-hetero) is 1. The van der Waals surface area contributed by atoms with Crippen LogP contribution >= 0.6 is 0 Å². The van der Waals surface area contributed by atoms with E-state index in [4.69, 9.17) is 0 Å². The molecular weight excluding hydrogens is 348 g/mol. The van der Waals surface area contributed by atoms with Crippen LogP contribution in [0.1, 0.15) is 41.3 Å². The summed E-state index contributed by atoms with van der Waals surface area (Å²) < 4.78 is 0. The maximum atomic E-state index is 12.9. The number of carbonyl (C=O) groups is 2. The summed E-state index contributed by atoms with van der Waals surface area (Å²) in [5, 5.41) is 22.1. The number of ketones is 1. The number of carbonyl (C=O) groups excluding carboxylic acids is 2. The van der Waals surface area contributed by atoms with Crippen molar-refractivity contribution in [1.82, 2.24) is 0 Å². The summed E-state index contributed by atoms with van der Waals surface area (Å²) in [6.45, 7) is 4.20. The fourth-order valence-corrected chi connectivity index (χ4v) is 3.41. The van der Waals surface area contributed by atoms with Crippen LogP contribution in [0.5, 0.6) is 0 Å². The van der Waals surface area contributed by atoms with Crippen LogP contribution in [-0.2, 0) is 10.4 Å². The summed E-state index contributed by atoms with van der Waals surface area (Å²) in [7, 11) is 0. The second-order valence-corrected chi connectivity index (χ2v) is 6.75. The van der Waals surface area contributed by atoms with Gasteiger partial charge in [-0.25, -0.2) is 0 Å². The number of benzene rings is 2. The number of nitrogens with zero attached hydrogens (tertiary/aromatic N) is 2. The van der Waals surface area contributed by atoms with Crippen molar-refractivity contribution in [3.8, 4) is 0 Å². The molecule has 0 radical (unpaired) electrons. The minimum Gasteiger partial charge on any atom is -0.375 e. The number of amides is 1. The SMILES string of the molecule is CCCN1C(=O)[C@@](O)(CC(=O)c2cccc([N+](=O)[O-])c2)c2cc(C)ccc21. The van der Waals surface area contributed by atoms with E-state index >= 15 is 0 Å². The number of aryl methyl sites for hydroxylation is 1. The Hall–Kier alpha value is -3.06. The minimum atomic E-state index is -1.97. The highest BCUT2D eigenvalue weighted by atomic mass is 16.6. The Morgan fingerprint density at radius 2 is 2.00 bits per heavy atom. The Morgan fingerprint density at radius 3 is 2.67 bits per heavy atom. The molecule has 27 heavy (non-hydrogen) atoms. The van der Waals surface area contributed by atoms with E-state index in [0.717, 1.165) is 11.6 Å². The smallest absolute Gasteiger partial charge is 0.270 e. The summed E-state index contributed by atoms with van der Waals surface area (Å²) in [4.78, 5) is 37.5. The summed E-state index contributed by atoms with van der Waals surface area (Å²) in [5.41, 5.74) is -0.233. The van der Waals surface area contributed by atoms with Crippen molar-refractivity contribution in [2.24, 2.45) is 0 Å². The molecule has 3 rings (SSSR count). The van der Waals surface area contributed by atoms with E-state index in [-0.39, 0.29) is 11.3 Å². The first-order valence-corrected chi connectivity index (χ1v) is 8.71. The molecule has 0 aliphatic carbocycles. The molecule has 2 aromatic rings. The van der Waals surface area contributed by atoms with Crippen molar-refractivity contribution in [3.05, 3.63) is 69.3 Å². The van der Waals surface area contributed by atoms with Gasteiger partial charge in [-0.05, 0) is 19.4 Å². The zero-order valence-corrected chi connectivity index (χ0v) is 15.1. The number of rotatable bonds is 6. The lowest BCUT2D eigenvalue weighted by Crippen LogP contribution is -2.42. The van der Waals surface area contributed by atoms with Crippen LogP contribution < -0.4 is 4.90 Å². The second-order valence-electron chi connectivity index (χ2n) is 6.75. The van der Waals surface area contributed by atoms with E-state index in [1.807, 2.05) is 19.9 Å². The normalized spacial score (nSPS) is 18.5. The average molecular weight is 368 g/mol. The zero-order chi connectivity index (χ0) is 19.8. The standard InChI is InChI=1S/C20H20N2O5/c1-3-9-21-17-8-7-13(2)10-16(17)20(25,19(21)24)12-18(23)14-5-4-6-15(11-14)22(26)27/h4-8,10-11,25H,3,9,12H2,1-2H3/t20-/m1/s1. The van der Waals surface area contributed by atoms with Crippen molar-refractivity contribution in [2.75, 3.05) is 11.4 Å². The van der Waals surface area contributed by atoms with Gasteiger partial charge in [-0.2, -0.15) is 0 Å². The van der Waals surface area contributed by atoms with Crippen LogP contribution in [0.2, 0.25) is 0 Å². The van der Waals surface area contributed by atoms with Crippen molar-refractivity contribution < 1.29 is 19.6 Å². The Balaban J connectivity index is 1.99. The molecule has 0 bridgehead atoms. The van der Waals surface area contributed by atoms with Crippen LogP contribution in [-0.4, -0.2) is 28.3 Å². The highest BCUT2D eigenvalue weighted by Gasteiger charge is 2.50. The van der Waals surface area contributed by atoms with Gasteiger partial charge in [0.2, 0.25) is 0 Å². The van der Waals surface area contributed by atoms with Gasteiger partial charge in [0.05, 0.1) is 17.0 Å². The number of nitro groups is 1. The van der Waals surface area contributed by atoms with Crippen LogP contribution in [0.4, 0.5) is 11.4 Å². The molecule has 7 heteroatoms. The quantitative estimate of drug-likeness (QED) is 0.480. The van der Waals surface area contributed by atoms with Gasteiger partial charge in [0.25, 0.3) is 11.6 Å². The van der Waals surface area contributed by atoms with Gasteiger partial charge in [0.1, 0.15) is 0 Å². The Morgan fingerprint density at radius 1 is 1.26 bits per heavy atom. The van der Waals surface area contributed by atoms with Crippen molar-refractivity contribution in [3.63, 3.8) is 0 Å². The van der Waals surface area contributed by atoms with Crippen molar-refractivity contribution in [2.45, 2.75) is 32.3 Å². The number of nitro benzene ring substituents is 1. The van der Waals surface area contributed by atoms with Crippen molar-refractivity contribution in [1.29, 1.82) is 0 Å². The molecule has 0 unspecified atom stereocenters. The summed E-state index contributed by atoms with van der Waals surface area (Å²) in [6, 6.07) is 10.6. The number of anilines is 1. The maximum absolute atomic E-state index is 12.9. The Labute approximate surface area is 156 Å². The first kappa shape index (κ1) is 18.7. The molecule has 0 aromatic heterocycles. The van der Waals surface area contributed by atoms with Gasteiger partial charge in [0, 0.05) is 29.8 Å². The first-order chi connectivity index (χ1) is 12.8. The van der Waals surface area contributed by atoms with E-state index in [0.29, 0.717) is 24.2 Å². The van der Waals surface area contributed by atoms with Gasteiger partial charge in [-0.1, -0.05) is 36.8 Å². The molecule has 0 spiro atoms. The lowest BCUT2D eigenvalue weighted by Gasteiger charge is -2.22. The summed E-state index contributed by atoms with van der Waals surface area (Å²) in [6.07, 6.45) is 0.234. The predicted molar refractivity (Wildman–Crippen MR) is 99.8 cm³/mol. The highest BCUT2D eigenvalue weighted by molar-refractivity contribution is 6.10. The van der Waals surface area contributed by atoms with Crippen LogP contribution in [0.15, 0.2) is 42.5 Å². The third-order valence-corrected chi connectivity index (χ3v) is 4.73. The maximum Gasteiger partial charge on any atom is 0.270 e. The molecule has 7 nitrogen and oxygen atoms in total. The fraction of sp³-hybridized carbons (Fsp3) is 0.300. The molecule has 140 valence electrons. The number of fused-ring (bicyclic) bond motifs is 1.